The van der Waals surface area contributed by atoms with Crippen LogP contribution in [0.15, 0.2) is 54.6 Å². The summed E-state index contributed by atoms with van der Waals surface area (Å²) >= 11 is 0. The molecule has 2 aromatic rings. The van der Waals surface area contributed by atoms with Gasteiger partial charge in [0.25, 0.3) is 0 Å². The second-order valence-electron chi connectivity index (χ2n) is 8.26. The van der Waals surface area contributed by atoms with Gasteiger partial charge >= 0.3 is 0 Å². The van der Waals surface area contributed by atoms with E-state index in [-0.39, 0.29) is 0 Å². The average Bonchev–Trinajstić information content (AvgIpc) is 2.68. The molecule has 1 atom stereocenters. The van der Waals surface area contributed by atoms with E-state index in [0.717, 1.165) is 24.7 Å². The van der Waals surface area contributed by atoms with Crippen molar-refractivity contribution in [2.24, 2.45) is 5.41 Å². The predicted molar refractivity (Wildman–Crippen MR) is 109 cm³/mol. The summed E-state index contributed by atoms with van der Waals surface area (Å²) in [5, 5.41) is 3.95. The first-order chi connectivity index (χ1) is 13.3. The topological polar surface area (TPSA) is 30.5 Å². The Labute approximate surface area is 163 Å². The van der Waals surface area contributed by atoms with Crippen molar-refractivity contribution in [1.29, 1.82) is 0 Å². The van der Waals surface area contributed by atoms with Crippen molar-refractivity contribution in [1.82, 2.24) is 5.32 Å². The minimum atomic E-state index is 0.428. The number of para-hydroxylation sites is 1. The van der Waals surface area contributed by atoms with Gasteiger partial charge in [-0.05, 0) is 61.9 Å². The second kappa shape index (κ2) is 8.45. The minimum Gasteiger partial charge on any atom is -0.457 e. The highest BCUT2D eigenvalue weighted by atomic mass is 16.5. The fourth-order valence-electron chi connectivity index (χ4n) is 4.39. The highest BCUT2D eigenvalue weighted by Gasteiger charge is 2.41. The molecule has 1 N–H and O–H groups in total. The summed E-state index contributed by atoms with van der Waals surface area (Å²) < 4.78 is 11.4. The molecule has 2 aliphatic rings. The Balaban J connectivity index is 1.36. The lowest BCUT2D eigenvalue weighted by Gasteiger charge is -2.47. The number of benzene rings is 2. The first-order valence-corrected chi connectivity index (χ1v) is 10.4. The van der Waals surface area contributed by atoms with E-state index in [1.54, 1.807) is 0 Å². The van der Waals surface area contributed by atoms with Crippen LogP contribution in [-0.2, 0) is 4.74 Å². The Morgan fingerprint density at radius 2 is 1.67 bits per heavy atom. The smallest absolute Gasteiger partial charge is 0.127 e. The van der Waals surface area contributed by atoms with Crippen LogP contribution in [0.4, 0.5) is 0 Å². The molecule has 1 unspecified atom stereocenters. The van der Waals surface area contributed by atoms with Gasteiger partial charge in [0.2, 0.25) is 0 Å². The summed E-state index contributed by atoms with van der Waals surface area (Å²) in [5.74, 6) is 1.77. The first kappa shape index (κ1) is 18.5. The van der Waals surface area contributed by atoms with E-state index >= 15 is 0 Å². The van der Waals surface area contributed by atoms with Gasteiger partial charge in [0, 0.05) is 17.5 Å². The van der Waals surface area contributed by atoms with Crippen LogP contribution in [0.2, 0.25) is 0 Å². The standard InChI is InChI=1S/C24H31NO2/c1-2-6-23(25-20-13-15-24(16-14-20)17-26-18-24)19-9-11-22(12-10-19)27-21-7-4-3-5-8-21/h3-5,7-12,20,23,25H,2,6,13-18H2,1H3. The Kier molecular flexibility index (Phi) is 5.80. The van der Waals surface area contributed by atoms with Crippen LogP contribution in [0.1, 0.15) is 57.1 Å². The monoisotopic (exact) mass is 365 g/mol. The van der Waals surface area contributed by atoms with Crippen molar-refractivity contribution in [3.8, 4) is 11.5 Å². The molecular weight excluding hydrogens is 334 g/mol. The summed E-state index contributed by atoms with van der Waals surface area (Å²) in [7, 11) is 0. The van der Waals surface area contributed by atoms with Gasteiger partial charge < -0.3 is 14.8 Å². The third kappa shape index (κ3) is 4.53. The number of nitrogens with one attached hydrogen (secondary N) is 1. The molecule has 1 saturated carbocycles. The molecule has 27 heavy (non-hydrogen) atoms. The van der Waals surface area contributed by atoms with E-state index in [4.69, 9.17) is 9.47 Å². The highest BCUT2D eigenvalue weighted by Crippen LogP contribution is 2.42. The summed E-state index contributed by atoms with van der Waals surface area (Å²) in [5.41, 5.74) is 1.89. The first-order valence-electron chi connectivity index (χ1n) is 10.4. The minimum absolute atomic E-state index is 0.428. The number of ether oxygens (including phenoxy) is 2. The maximum absolute atomic E-state index is 5.93. The van der Waals surface area contributed by atoms with E-state index in [2.05, 4.69) is 36.5 Å². The van der Waals surface area contributed by atoms with Gasteiger partial charge in [-0.3, -0.25) is 0 Å². The van der Waals surface area contributed by atoms with Gasteiger partial charge in [0.15, 0.2) is 0 Å². The van der Waals surface area contributed by atoms with Crippen LogP contribution < -0.4 is 10.1 Å². The van der Waals surface area contributed by atoms with Crippen molar-refractivity contribution < 1.29 is 9.47 Å². The molecule has 2 aromatic carbocycles. The van der Waals surface area contributed by atoms with Gasteiger partial charge in [-0.25, -0.2) is 0 Å². The maximum atomic E-state index is 5.93. The molecule has 2 fully saturated rings. The average molecular weight is 366 g/mol. The molecule has 1 heterocycles. The zero-order chi connectivity index (χ0) is 18.5. The van der Waals surface area contributed by atoms with E-state index in [1.165, 1.54) is 44.1 Å². The van der Waals surface area contributed by atoms with Crippen LogP contribution in [0.3, 0.4) is 0 Å². The fourth-order valence-corrected chi connectivity index (χ4v) is 4.39. The molecule has 1 spiro atoms. The van der Waals surface area contributed by atoms with E-state index < -0.39 is 0 Å². The van der Waals surface area contributed by atoms with Crippen molar-refractivity contribution in [3.63, 3.8) is 0 Å². The zero-order valence-electron chi connectivity index (χ0n) is 16.3. The predicted octanol–water partition coefficient (Wildman–Crippen LogP) is 5.87. The molecule has 3 heteroatoms. The molecule has 144 valence electrons. The summed E-state index contributed by atoms with van der Waals surface area (Å²) in [6.45, 7) is 4.24. The third-order valence-corrected chi connectivity index (χ3v) is 6.14. The fraction of sp³-hybridized carbons (Fsp3) is 0.500. The summed E-state index contributed by atoms with van der Waals surface area (Å²) in [6.07, 6.45) is 7.53. The Bertz CT molecular complexity index is 699. The molecule has 0 aromatic heterocycles. The second-order valence-corrected chi connectivity index (χ2v) is 8.26. The van der Waals surface area contributed by atoms with Gasteiger partial charge in [-0.1, -0.05) is 43.7 Å². The Morgan fingerprint density at radius 3 is 2.26 bits per heavy atom. The molecule has 4 rings (SSSR count). The molecule has 0 radical (unpaired) electrons. The SMILES string of the molecule is CCCC(NC1CCC2(CC1)COC2)c1ccc(Oc2ccccc2)cc1. The lowest BCUT2D eigenvalue weighted by molar-refractivity contribution is -0.133. The van der Waals surface area contributed by atoms with Crippen LogP contribution in [0.5, 0.6) is 11.5 Å². The normalized spacial score (nSPS) is 20.2. The van der Waals surface area contributed by atoms with Crippen molar-refractivity contribution in [2.75, 3.05) is 13.2 Å². The quantitative estimate of drug-likeness (QED) is 0.666. The van der Waals surface area contributed by atoms with E-state index in [1.807, 2.05) is 30.3 Å². The van der Waals surface area contributed by atoms with Gasteiger partial charge in [-0.2, -0.15) is 0 Å². The Hall–Kier alpha value is -1.84. The van der Waals surface area contributed by atoms with Crippen LogP contribution in [0, 0.1) is 5.41 Å². The molecular formula is C24H31NO2. The molecule has 1 aliphatic heterocycles. The maximum Gasteiger partial charge on any atom is 0.127 e. The van der Waals surface area contributed by atoms with Gasteiger partial charge in [0.1, 0.15) is 11.5 Å². The molecule has 1 aliphatic carbocycles. The van der Waals surface area contributed by atoms with Crippen molar-refractivity contribution in [2.45, 2.75) is 57.5 Å². The number of hydrogen-bond donors (Lipinski definition) is 1. The Morgan fingerprint density at radius 1 is 1.00 bits per heavy atom. The summed E-state index contributed by atoms with van der Waals surface area (Å²) in [4.78, 5) is 0. The molecule has 1 saturated heterocycles. The van der Waals surface area contributed by atoms with Crippen LogP contribution >= 0.6 is 0 Å². The lowest BCUT2D eigenvalue weighted by atomic mass is 9.71. The molecule has 0 bridgehead atoms. The molecule has 0 amide bonds. The zero-order valence-corrected chi connectivity index (χ0v) is 16.3. The molecule has 3 nitrogen and oxygen atoms in total. The van der Waals surface area contributed by atoms with E-state index in [0.29, 0.717) is 17.5 Å². The van der Waals surface area contributed by atoms with Gasteiger partial charge in [-0.15, -0.1) is 0 Å². The summed E-state index contributed by atoms with van der Waals surface area (Å²) in [6, 6.07) is 19.6. The van der Waals surface area contributed by atoms with Crippen LogP contribution in [0.25, 0.3) is 0 Å². The van der Waals surface area contributed by atoms with Crippen LogP contribution in [-0.4, -0.2) is 19.3 Å². The van der Waals surface area contributed by atoms with Gasteiger partial charge in [0.05, 0.1) is 13.2 Å². The lowest BCUT2D eigenvalue weighted by Crippen LogP contribution is -2.48. The third-order valence-electron chi connectivity index (χ3n) is 6.14. The highest BCUT2D eigenvalue weighted by molar-refractivity contribution is 5.34. The largest absolute Gasteiger partial charge is 0.457 e. The number of hydrogen-bond acceptors (Lipinski definition) is 3. The number of rotatable bonds is 7. The van der Waals surface area contributed by atoms with Crippen molar-refractivity contribution >= 4 is 0 Å². The van der Waals surface area contributed by atoms with E-state index in [9.17, 15) is 0 Å². The van der Waals surface area contributed by atoms with Crippen molar-refractivity contribution in [3.05, 3.63) is 60.2 Å².